The number of imide groups is 1. The Morgan fingerprint density at radius 3 is 2.36 bits per heavy atom. The van der Waals surface area contributed by atoms with E-state index in [1.165, 1.54) is 34.6 Å². The van der Waals surface area contributed by atoms with E-state index in [-0.39, 0.29) is 11.3 Å². The molecule has 0 unspecified atom stereocenters. The summed E-state index contributed by atoms with van der Waals surface area (Å²) in [5.74, 6) is -2.84. The maximum Gasteiger partial charge on any atom is 0.573 e. The van der Waals surface area contributed by atoms with Crippen molar-refractivity contribution in [3.05, 3.63) is 29.6 Å². The van der Waals surface area contributed by atoms with Crippen LogP contribution in [0, 0.1) is 5.41 Å². The van der Waals surface area contributed by atoms with Crippen molar-refractivity contribution in [2.45, 2.75) is 64.9 Å². The number of carbonyl (C=O) groups excluding carboxylic acids is 2. The van der Waals surface area contributed by atoms with Gasteiger partial charge in [0.15, 0.2) is 5.75 Å². The molecule has 15 heteroatoms. The highest BCUT2D eigenvalue weighted by atomic mass is 19.4. The van der Waals surface area contributed by atoms with Crippen molar-refractivity contribution < 1.29 is 50.1 Å². The van der Waals surface area contributed by atoms with E-state index >= 15 is 0 Å². The highest BCUT2D eigenvalue weighted by Gasteiger charge is 2.37. The number of carbonyl (C=O) groups is 2. The summed E-state index contributed by atoms with van der Waals surface area (Å²) in [5, 5.41) is 7.01. The van der Waals surface area contributed by atoms with Crippen LogP contribution >= 0.6 is 0 Å². The normalized spacial score (nSPS) is 18.2. The molecule has 0 fully saturated rings. The molecule has 0 saturated heterocycles. The van der Waals surface area contributed by atoms with Crippen molar-refractivity contribution in [2.75, 3.05) is 0 Å². The molecule has 0 radical (unpaired) electrons. The average molecular weight is 524 g/mol. The molecule has 2 heterocycles. The van der Waals surface area contributed by atoms with Gasteiger partial charge < -0.3 is 14.2 Å². The standard InChI is InChI=1S/C21H22F6N4O5/c1-18(2,3)35-16(32)31-10-11-6-13(29-9-14(11)34-21(25,26)27)12(7-19(4,5)36-17(31)33)8-30-15(28)20(22,23)24/h6-9,28H,10H2,1-5H3/b12-7-,28-15?,30-8-. The van der Waals surface area contributed by atoms with Crippen LogP contribution in [0.15, 0.2) is 23.3 Å². The molecule has 1 aromatic heterocycles. The highest BCUT2D eigenvalue weighted by Crippen LogP contribution is 2.31. The van der Waals surface area contributed by atoms with Crippen molar-refractivity contribution in [3.8, 4) is 5.75 Å². The summed E-state index contributed by atoms with van der Waals surface area (Å²) in [6, 6.07) is 0.974. The fraction of sp³-hybridized carbons (Fsp3) is 0.476. The summed E-state index contributed by atoms with van der Waals surface area (Å²) >= 11 is 0. The maximum absolute atomic E-state index is 12.9. The number of hydrogen-bond donors (Lipinski definition) is 1. The first-order valence-electron chi connectivity index (χ1n) is 10.1. The first-order chi connectivity index (χ1) is 16.2. The van der Waals surface area contributed by atoms with Gasteiger partial charge in [0, 0.05) is 17.4 Å². The quantitative estimate of drug-likeness (QED) is 0.304. The van der Waals surface area contributed by atoms with Gasteiger partial charge in [-0.2, -0.15) is 13.2 Å². The van der Waals surface area contributed by atoms with Crippen molar-refractivity contribution in [3.63, 3.8) is 0 Å². The van der Waals surface area contributed by atoms with Gasteiger partial charge in [-0.05, 0) is 46.8 Å². The van der Waals surface area contributed by atoms with E-state index in [2.05, 4.69) is 14.7 Å². The van der Waals surface area contributed by atoms with Gasteiger partial charge in [0.25, 0.3) is 0 Å². The Bertz CT molecular complexity index is 1100. The number of nitrogens with one attached hydrogen (secondary N) is 1. The van der Waals surface area contributed by atoms with Crippen LogP contribution in [0.2, 0.25) is 0 Å². The summed E-state index contributed by atoms with van der Waals surface area (Å²) in [4.78, 5) is 32.8. The third-order valence-corrected chi connectivity index (χ3v) is 4.09. The van der Waals surface area contributed by atoms with Crippen molar-refractivity contribution in [1.82, 2.24) is 9.88 Å². The molecule has 1 aliphatic rings. The van der Waals surface area contributed by atoms with Crippen molar-refractivity contribution >= 4 is 29.8 Å². The second kappa shape index (κ2) is 9.78. The van der Waals surface area contributed by atoms with Gasteiger partial charge in [-0.3, -0.25) is 10.4 Å². The average Bonchev–Trinajstić information content (AvgIpc) is 2.65. The Kier molecular flexibility index (Phi) is 7.76. The van der Waals surface area contributed by atoms with Crippen molar-refractivity contribution in [2.24, 2.45) is 4.99 Å². The Hall–Kier alpha value is -3.65. The number of cyclic esters (lactones) is 1. The Labute approximate surface area is 201 Å². The molecule has 2 amide bonds. The molecule has 1 N–H and O–H groups in total. The van der Waals surface area contributed by atoms with Gasteiger partial charge >= 0.3 is 24.7 Å². The molecular weight excluding hydrogens is 502 g/mol. The van der Waals surface area contributed by atoms with Crippen molar-refractivity contribution in [1.29, 1.82) is 5.41 Å². The predicted molar refractivity (Wildman–Crippen MR) is 114 cm³/mol. The van der Waals surface area contributed by atoms with Gasteiger partial charge in [-0.15, -0.1) is 13.2 Å². The largest absolute Gasteiger partial charge is 0.573 e. The number of hydrogen-bond acceptors (Lipinski definition) is 7. The summed E-state index contributed by atoms with van der Waals surface area (Å²) < 4.78 is 91.4. The maximum atomic E-state index is 12.9. The van der Waals surface area contributed by atoms with Crippen LogP contribution in [0.5, 0.6) is 5.75 Å². The second-order valence-corrected chi connectivity index (χ2v) is 8.97. The minimum absolute atomic E-state index is 0.201. The number of pyridine rings is 1. The molecule has 0 aromatic carbocycles. The van der Waals surface area contributed by atoms with Crippen LogP contribution in [0.3, 0.4) is 0 Å². The number of allylic oxidation sites excluding steroid dienone is 1. The second-order valence-electron chi connectivity index (χ2n) is 8.97. The molecule has 1 aromatic rings. The highest BCUT2D eigenvalue weighted by molar-refractivity contribution is 6.13. The monoisotopic (exact) mass is 524 g/mol. The lowest BCUT2D eigenvalue weighted by Crippen LogP contribution is -2.43. The summed E-state index contributed by atoms with van der Waals surface area (Å²) in [6.07, 6.45) is -10.4. The van der Waals surface area contributed by atoms with E-state index in [9.17, 15) is 35.9 Å². The molecule has 0 aliphatic carbocycles. The topological polar surface area (TPSA) is 114 Å². The molecule has 1 aliphatic heterocycles. The van der Waals surface area contributed by atoms with Gasteiger partial charge in [-0.1, -0.05) is 0 Å². The molecule has 0 spiro atoms. The number of amidine groups is 1. The first-order valence-corrected chi connectivity index (χ1v) is 10.1. The third kappa shape index (κ3) is 8.23. The van der Waals surface area contributed by atoms with E-state index < -0.39 is 59.6 Å². The number of aliphatic imine (C=N–C) groups is 1. The summed E-state index contributed by atoms with van der Waals surface area (Å²) in [5.41, 5.74) is -3.48. The zero-order valence-electron chi connectivity index (χ0n) is 19.7. The van der Waals surface area contributed by atoms with E-state index in [0.717, 1.165) is 12.1 Å². The number of halogens is 6. The molecular formula is C21H22F6N4O5. The molecule has 2 bridgehead atoms. The molecule has 0 saturated carbocycles. The molecule has 9 nitrogen and oxygen atoms in total. The fourth-order valence-electron chi connectivity index (χ4n) is 2.74. The number of ether oxygens (including phenoxy) is 3. The van der Waals surface area contributed by atoms with Gasteiger partial charge in [0.2, 0.25) is 5.84 Å². The zero-order chi connectivity index (χ0) is 27.7. The number of fused-ring (bicyclic) bond motifs is 2. The fourth-order valence-corrected chi connectivity index (χ4v) is 2.74. The summed E-state index contributed by atoms with van der Waals surface area (Å²) in [7, 11) is 0. The van der Waals surface area contributed by atoms with Crippen LogP contribution in [-0.2, 0) is 16.0 Å². The van der Waals surface area contributed by atoms with E-state index in [1.807, 2.05) is 0 Å². The number of nitrogens with zero attached hydrogens (tertiary/aromatic N) is 3. The Balaban J connectivity index is 2.69. The van der Waals surface area contributed by atoms with Crippen LogP contribution in [0.4, 0.5) is 35.9 Å². The molecule has 2 rings (SSSR count). The first kappa shape index (κ1) is 28.6. The van der Waals surface area contributed by atoms with Crippen LogP contribution in [-0.4, -0.2) is 57.9 Å². The van der Waals surface area contributed by atoms with Crippen LogP contribution < -0.4 is 4.74 Å². The lowest BCUT2D eigenvalue weighted by atomic mass is 10.0. The van der Waals surface area contributed by atoms with Gasteiger partial charge in [-0.25, -0.2) is 19.5 Å². The number of aromatic nitrogens is 1. The van der Waals surface area contributed by atoms with Crippen LogP contribution in [0.25, 0.3) is 5.57 Å². The van der Waals surface area contributed by atoms with E-state index in [0.29, 0.717) is 17.3 Å². The molecule has 36 heavy (non-hydrogen) atoms. The summed E-state index contributed by atoms with van der Waals surface area (Å²) in [6.45, 7) is 6.31. The minimum atomic E-state index is -5.17. The zero-order valence-corrected chi connectivity index (χ0v) is 19.7. The third-order valence-electron chi connectivity index (χ3n) is 4.09. The van der Waals surface area contributed by atoms with E-state index in [4.69, 9.17) is 14.9 Å². The van der Waals surface area contributed by atoms with Crippen LogP contribution in [0.1, 0.15) is 45.9 Å². The van der Waals surface area contributed by atoms with E-state index in [1.54, 1.807) is 0 Å². The molecule has 198 valence electrons. The lowest BCUT2D eigenvalue weighted by Gasteiger charge is -2.30. The molecule has 0 atom stereocenters. The lowest BCUT2D eigenvalue weighted by molar-refractivity contribution is -0.275. The van der Waals surface area contributed by atoms with Gasteiger partial charge in [0.1, 0.15) is 11.2 Å². The predicted octanol–water partition coefficient (Wildman–Crippen LogP) is 5.64. The number of amides is 2. The SMILES string of the molecule is CC(C)(C)OC(=O)N1Cc2cc(ncc2OC(F)(F)F)C(/C=N\C(=N)C(F)(F)F)=C\C(C)(C)OC1=O. The Morgan fingerprint density at radius 2 is 1.83 bits per heavy atom. The number of alkyl halides is 6. The smallest absolute Gasteiger partial charge is 0.443 e. The Morgan fingerprint density at radius 1 is 1.22 bits per heavy atom. The van der Waals surface area contributed by atoms with Gasteiger partial charge in [0.05, 0.1) is 18.4 Å². The minimum Gasteiger partial charge on any atom is -0.443 e. The number of rotatable bonds is 2.